The third kappa shape index (κ3) is 5.21. The highest BCUT2D eigenvalue weighted by molar-refractivity contribution is 7.90. The predicted octanol–water partition coefficient (Wildman–Crippen LogP) is 4.78. The van der Waals surface area contributed by atoms with Crippen LogP contribution in [0.2, 0.25) is 0 Å². The molecule has 0 spiro atoms. The van der Waals surface area contributed by atoms with E-state index in [1.165, 1.54) is 13.2 Å². The molecule has 3 aromatic carbocycles. The monoisotopic (exact) mass is 559 g/mol. The van der Waals surface area contributed by atoms with Crippen LogP contribution in [0.5, 0.6) is 5.75 Å². The lowest BCUT2D eigenvalue weighted by atomic mass is 9.90. The summed E-state index contributed by atoms with van der Waals surface area (Å²) in [4.78, 5) is 30.6. The van der Waals surface area contributed by atoms with Crippen molar-refractivity contribution in [3.05, 3.63) is 94.7 Å². The quantitative estimate of drug-likeness (QED) is 0.323. The fourth-order valence-corrected chi connectivity index (χ4v) is 6.74. The first-order valence-corrected chi connectivity index (χ1v) is 14.7. The molecule has 2 unspecified atom stereocenters. The summed E-state index contributed by atoms with van der Waals surface area (Å²) in [5, 5.41) is 1.07. The Kier molecular flexibility index (Phi) is 7.42. The van der Waals surface area contributed by atoms with Gasteiger partial charge in [-0.05, 0) is 66.8 Å². The van der Waals surface area contributed by atoms with Crippen LogP contribution in [0, 0.1) is 12.8 Å². The summed E-state index contributed by atoms with van der Waals surface area (Å²) in [5.74, 6) is -0.131. The van der Waals surface area contributed by atoms with Crippen LogP contribution in [0.3, 0.4) is 0 Å². The van der Waals surface area contributed by atoms with E-state index in [0.29, 0.717) is 17.7 Å². The molecule has 40 heavy (non-hydrogen) atoms. The maximum absolute atomic E-state index is 12.9. The molecule has 0 aliphatic carbocycles. The molecule has 2 amide bonds. The lowest BCUT2D eigenvalue weighted by Crippen LogP contribution is -2.31. The Bertz CT molecular complexity index is 1710. The van der Waals surface area contributed by atoms with Crippen molar-refractivity contribution < 1.29 is 22.7 Å². The molecule has 0 saturated carbocycles. The van der Waals surface area contributed by atoms with E-state index in [1.807, 2.05) is 19.3 Å². The summed E-state index contributed by atoms with van der Waals surface area (Å²) in [6.07, 6.45) is 3.55. The molecule has 1 aliphatic heterocycles. The minimum absolute atomic E-state index is 0.00988. The van der Waals surface area contributed by atoms with Gasteiger partial charge in [-0.25, -0.2) is 13.1 Å². The number of carbonyl (C=O) groups excluding carboxylic acids is 2. The van der Waals surface area contributed by atoms with Crippen LogP contribution in [0.25, 0.3) is 10.9 Å². The van der Waals surface area contributed by atoms with E-state index >= 15 is 0 Å². The molecule has 1 fully saturated rings. The highest BCUT2D eigenvalue weighted by Gasteiger charge is 2.29. The van der Waals surface area contributed by atoms with Gasteiger partial charge in [0.1, 0.15) is 5.75 Å². The second kappa shape index (κ2) is 10.8. The highest BCUT2D eigenvalue weighted by Crippen LogP contribution is 2.36. The van der Waals surface area contributed by atoms with Crippen LogP contribution in [0.15, 0.2) is 71.8 Å². The maximum atomic E-state index is 12.9. The Labute approximate surface area is 234 Å². The SMILES string of the molecule is COc1cc(C(=O)NS(=O)(=O)c2ccccc2C)ccc1C(C)c1c[nH]c2ccc(CC3CCN(C)C3=O)cc12. The Morgan fingerprint density at radius 3 is 2.60 bits per heavy atom. The molecular weight excluding hydrogens is 526 g/mol. The molecule has 1 aliphatic rings. The van der Waals surface area contributed by atoms with Gasteiger partial charge in [0.05, 0.1) is 12.0 Å². The van der Waals surface area contributed by atoms with Gasteiger partial charge in [0, 0.05) is 53.7 Å². The van der Waals surface area contributed by atoms with Gasteiger partial charge in [0.2, 0.25) is 5.91 Å². The number of ether oxygens (including phenoxy) is 1. The topological polar surface area (TPSA) is 109 Å². The van der Waals surface area contributed by atoms with E-state index in [9.17, 15) is 18.0 Å². The largest absolute Gasteiger partial charge is 0.496 e. The van der Waals surface area contributed by atoms with Crippen LogP contribution < -0.4 is 9.46 Å². The summed E-state index contributed by atoms with van der Waals surface area (Å²) in [6.45, 7) is 4.54. The van der Waals surface area contributed by atoms with Crippen molar-refractivity contribution in [2.75, 3.05) is 20.7 Å². The van der Waals surface area contributed by atoms with Gasteiger partial charge >= 0.3 is 0 Å². The summed E-state index contributed by atoms with van der Waals surface area (Å²) < 4.78 is 33.5. The first kappa shape index (κ1) is 27.5. The second-order valence-electron chi connectivity index (χ2n) is 10.5. The fraction of sp³-hybridized carbons (Fsp3) is 0.290. The number of aromatic amines is 1. The first-order chi connectivity index (χ1) is 19.1. The van der Waals surface area contributed by atoms with Gasteiger partial charge in [-0.15, -0.1) is 0 Å². The number of carbonyl (C=O) groups is 2. The Balaban J connectivity index is 1.40. The molecule has 0 radical (unpaired) electrons. The number of hydrogen-bond donors (Lipinski definition) is 2. The van der Waals surface area contributed by atoms with Crippen LogP contribution in [0.4, 0.5) is 0 Å². The summed E-state index contributed by atoms with van der Waals surface area (Å²) in [7, 11) is -0.654. The summed E-state index contributed by atoms with van der Waals surface area (Å²) >= 11 is 0. The van der Waals surface area contributed by atoms with E-state index in [2.05, 4.69) is 28.8 Å². The van der Waals surface area contributed by atoms with Crippen molar-refractivity contribution in [1.82, 2.24) is 14.6 Å². The highest BCUT2D eigenvalue weighted by atomic mass is 32.2. The van der Waals surface area contributed by atoms with Crippen molar-refractivity contribution in [1.29, 1.82) is 0 Å². The van der Waals surface area contributed by atoms with Gasteiger partial charge in [-0.2, -0.15) is 0 Å². The predicted molar refractivity (Wildman–Crippen MR) is 154 cm³/mol. The van der Waals surface area contributed by atoms with E-state index in [-0.39, 0.29) is 28.2 Å². The molecule has 208 valence electrons. The van der Waals surface area contributed by atoms with E-state index in [1.54, 1.807) is 48.2 Å². The number of H-pyrrole nitrogens is 1. The molecule has 2 atom stereocenters. The number of likely N-dealkylation sites (tertiary alicyclic amines) is 1. The number of sulfonamides is 1. The number of aromatic nitrogens is 1. The first-order valence-electron chi connectivity index (χ1n) is 13.2. The van der Waals surface area contributed by atoms with Gasteiger partial charge in [-0.1, -0.05) is 37.3 Å². The number of methoxy groups -OCH3 is 1. The third-order valence-corrected chi connectivity index (χ3v) is 9.33. The van der Waals surface area contributed by atoms with E-state index in [0.717, 1.165) is 40.6 Å². The number of amides is 2. The average molecular weight is 560 g/mol. The Hall–Kier alpha value is -4.11. The number of nitrogens with zero attached hydrogens (tertiary/aromatic N) is 1. The standard InChI is InChI=1S/C31H33N3O5S/c1-19-7-5-6-8-29(19)40(37,38)33-30(35)22-10-11-24(28(17-22)39-4)20(2)26-18-32-27-12-9-21(16-25(26)27)15-23-13-14-34(3)31(23)36/h5-12,16-18,20,23,32H,13-15H2,1-4H3,(H,33,35). The zero-order chi connectivity index (χ0) is 28.6. The van der Waals surface area contributed by atoms with Crippen LogP contribution in [-0.2, 0) is 21.2 Å². The minimum atomic E-state index is -4.03. The number of fused-ring (bicyclic) bond motifs is 1. The zero-order valence-corrected chi connectivity index (χ0v) is 23.8. The van der Waals surface area contributed by atoms with Gasteiger partial charge < -0.3 is 14.6 Å². The smallest absolute Gasteiger partial charge is 0.265 e. The molecule has 8 nitrogen and oxygen atoms in total. The summed E-state index contributed by atoms with van der Waals surface area (Å²) in [5.41, 5.74) is 4.76. The van der Waals surface area contributed by atoms with Crippen molar-refractivity contribution in [3.8, 4) is 5.75 Å². The molecule has 4 aromatic rings. The molecule has 1 aromatic heterocycles. The average Bonchev–Trinajstić information content (AvgIpc) is 3.50. The van der Waals surface area contributed by atoms with Crippen LogP contribution >= 0.6 is 0 Å². The normalized spacial score (nSPS) is 16.4. The zero-order valence-electron chi connectivity index (χ0n) is 23.0. The molecule has 1 saturated heterocycles. The van der Waals surface area contributed by atoms with Gasteiger partial charge in [-0.3, -0.25) is 9.59 Å². The number of aryl methyl sites for hydroxylation is 1. The van der Waals surface area contributed by atoms with Gasteiger partial charge in [0.25, 0.3) is 15.9 Å². The number of nitrogens with one attached hydrogen (secondary N) is 2. The number of rotatable bonds is 8. The van der Waals surface area contributed by atoms with Gasteiger partial charge in [0.15, 0.2) is 0 Å². The second-order valence-corrected chi connectivity index (χ2v) is 12.1. The Morgan fingerprint density at radius 2 is 1.90 bits per heavy atom. The van der Waals surface area contributed by atoms with Crippen molar-refractivity contribution in [2.45, 2.75) is 37.5 Å². The van der Waals surface area contributed by atoms with Crippen LogP contribution in [0.1, 0.15) is 51.9 Å². The fourth-order valence-electron chi connectivity index (χ4n) is 5.51. The molecule has 2 N–H and O–H groups in total. The minimum Gasteiger partial charge on any atom is -0.496 e. The molecule has 5 rings (SSSR count). The third-order valence-electron chi connectivity index (χ3n) is 7.84. The van der Waals surface area contributed by atoms with Crippen LogP contribution in [-0.4, -0.2) is 50.8 Å². The van der Waals surface area contributed by atoms with Crippen molar-refractivity contribution in [2.24, 2.45) is 5.92 Å². The molecular formula is C31H33N3O5S. The Morgan fingerprint density at radius 1 is 1.12 bits per heavy atom. The lowest BCUT2D eigenvalue weighted by Gasteiger charge is -2.17. The summed E-state index contributed by atoms with van der Waals surface area (Å²) in [6, 6.07) is 17.7. The van der Waals surface area contributed by atoms with Crippen molar-refractivity contribution >= 4 is 32.7 Å². The van der Waals surface area contributed by atoms with E-state index < -0.39 is 15.9 Å². The lowest BCUT2D eigenvalue weighted by molar-refractivity contribution is -0.129. The number of hydrogen-bond acceptors (Lipinski definition) is 5. The molecule has 2 heterocycles. The maximum Gasteiger partial charge on any atom is 0.265 e. The molecule has 9 heteroatoms. The van der Waals surface area contributed by atoms with E-state index in [4.69, 9.17) is 4.74 Å². The molecule has 0 bridgehead atoms. The number of benzene rings is 3. The van der Waals surface area contributed by atoms with Crippen molar-refractivity contribution in [3.63, 3.8) is 0 Å².